The van der Waals surface area contributed by atoms with Crippen LogP contribution in [0.1, 0.15) is 19.2 Å². The van der Waals surface area contributed by atoms with E-state index in [2.05, 4.69) is 22.1 Å². The quantitative estimate of drug-likeness (QED) is 0.813. The minimum Gasteiger partial charge on any atom is -0.449 e. The Morgan fingerprint density at radius 2 is 2.40 bits per heavy atom. The van der Waals surface area contributed by atoms with Gasteiger partial charge >= 0.3 is 0 Å². The van der Waals surface area contributed by atoms with Crippen molar-refractivity contribution in [2.24, 2.45) is 0 Å². The normalized spacial score (nSPS) is 10.8. The molecule has 0 saturated carbocycles. The van der Waals surface area contributed by atoms with Gasteiger partial charge in [-0.3, -0.25) is 9.67 Å². The zero-order valence-electron chi connectivity index (χ0n) is 8.65. The van der Waals surface area contributed by atoms with Crippen molar-refractivity contribution in [3.05, 3.63) is 16.9 Å². The molecular weight excluding hydrogens is 212 g/mol. The summed E-state index contributed by atoms with van der Waals surface area (Å²) in [5.74, 6) is 1.36. The molecule has 0 spiro atoms. The summed E-state index contributed by atoms with van der Waals surface area (Å²) in [6, 6.07) is 0. The van der Waals surface area contributed by atoms with Crippen molar-refractivity contribution in [3.63, 3.8) is 0 Å². The van der Waals surface area contributed by atoms with Crippen LogP contribution < -0.4 is 0 Å². The van der Waals surface area contributed by atoms with Gasteiger partial charge in [-0.15, -0.1) is 0 Å². The third-order valence-corrected chi connectivity index (χ3v) is 2.37. The molecule has 0 aliphatic heterocycles. The molecule has 0 radical (unpaired) electrons. The van der Waals surface area contributed by atoms with E-state index in [0.717, 1.165) is 18.8 Å². The van der Waals surface area contributed by atoms with E-state index < -0.39 is 0 Å². The van der Waals surface area contributed by atoms with E-state index in [0.29, 0.717) is 16.4 Å². The predicted molar refractivity (Wildman–Crippen MR) is 57.9 cm³/mol. The van der Waals surface area contributed by atoms with Gasteiger partial charge in [0.1, 0.15) is 12.0 Å². The van der Waals surface area contributed by atoms with Crippen molar-refractivity contribution in [1.29, 1.82) is 0 Å². The van der Waals surface area contributed by atoms with Crippen molar-refractivity contribution in [2.75, 3.05) is 0 Å². The summed E-state index contributed by atoms with van der Waals surface area (Å²) in [7, 11) is 0. The SMILES string of the molecule is CCCn1c(-c2coc(C)n2)n[nH]c1=S. The van der Waals surface area contributed by atoms with Crippen molar-refractivity contribution >= 4 is 12.2 Å². The monoisotopic (exact) mass is 224 g/mol. The topological polar surface area (TPSA) is 59.6 Å². The molecule has 0 saturated heterocycles. The van der Waals surface area contributed by atoms with Gasteiger partial charge in [-0.1, -0.05) is 6.92 Å². The summed E-state index contributed by atoms with van der Waals surface area (Å²) in [6.45, 7) is 4.72. The fourth-order valence-electron chi connectivity index (χ4n) is 1.41. The number of aryl methyl sites for hydroxylation is 1. The van der Waals surface area contributed by atoms with Crippen LogP contribution in [0.4, 0.5) is 0 Å². The largest absolute Gasteiger partial charge is 0.449 e. The molecule has 0 aliphatic carbocycles. The number of hydrogen-bond donors (Lipinski definition) is 1. The summed E-state index contributed by atoms with van der Waals surface area (Å²) < 4.78 is 7.69. The molecule has 0 aliphatic rings. The van der Waals surface area contributed by atoms with Gasteiger partial charge in [0, 0.05) is 13.5 Å². The average molecular weight is 224 g/mol. The molecule has 80 valence electrons. The molecule has 15 heavy (non-hydrogen) atoms. The zero-order chi connectivity index (χ0) is 10.8. The maximum Gasteiger partial charge on any atom is 0.195 e. The van der Waals surface area contributed by atoms with E-state index in [1.54, 1.807) is 13.2 Å². The minimum absolute atomic E-state index is 0.618. The standard InChI is InChI=1S/C9H12N4OS/c1-3-4-13-8(11-12-9(13)15)7-5-14-6(2)10-7/h5H,3-4H2,1-2H3,(H,12,15). The van der Waals surface area contributed by atoms with Gasteiger partial charge < -0.3 is 4.42 Å². The Bertz CT molecular complexity index is 510. The lowest BCUT2D eigenvalue weighted by Crippen LogP contribution is -2.00. The fourth-order valence-corrected chi connectivity index (χ4v) is 1.63. The molecular formula is C9H12N4OS. The first-order valence-corrected chi connectivity index (χ1v) is 5.21. The third-order valence-electron chi connectivity index (χ3n) is 2.05. The summed E-state index contributed by atoms with van der Waals surface area (Å²) >= 11 is 5.13. The molecule has 2 aromatic heterocycles. The van der Waals surface area contributed by atoms with Crippen molar-refractivity contribution in [3.8, 4) is 11.5 Å². The molecule has 0 fully saturated rings. The van der Waals surface area contributed by atoms with Gasteiger partial charge in [0.05, 0.1) is 0 Å². The molecule has 1 N–H and O–H groups in total. The van der Waals surface area contributed by atoms with Gasteiger partial charge in [-0.05, 0) is 18.6 Å². The number of oxazole rings is 1. The van der Waals surface area contributed by atoms with E-state index in [4.69, 9.17) is 16.6 Å². The number of nitrogens with zero attached hydrogens (tertiary/aromatic N) is 3. The molecule has 0 atom stereocenters. The summed E-state index contributed by atoms with van der Waals surface area (Å²) in [5.41, 5.74) is 0.716. The van der Waals surface area contributed by atoms with Gasteiger partial charge in [-0.25, -0.2) is 4.98 Å². The highest BCUT2D eigenvalue weighted by atomic mass is 32.1. The van der Waals surface area contributed by atoms with Crippen LogP contribution in [-0.2, 0) is 6.54 Å². The Balaban J connectivity index is 2.48. The summed E-state index contributed by atoms with van der Waals surface area (Å²) in [5, 5.41) is 6.91. The summed E-state index contributed by atoms with van der Waals surface area (Å²) in [4.78, 5) is 4.22. The third kappa shape index (κ3) is 1.85. The Hall–Kier alpha value is -1.43. The first kappa shape index (κ1) is 10.1. The number of hydrogen-bond acceptors (Lipinski definition) is 4. The molecule has 0 aromatic carbocycles. The first-order chi connectivity index (χ1) is 7.22. The Morgan fingerprint density at radius 1 is 1.60 bits per heavy atom. The van der Waals surface area contributed by atoms with Crippen LogP contribution in [0, 0.1) is 11.7 Å². The second-order valence-corrected chi connectivity index (χ2v) is 3.64. The molecule has 5 nitrogen and oxygen atoms in total. The Labute approximate surface area is 92.1 Å². The van der Waals surface area contributed by atoms with Crippen molar-refractivity contribution in [2.45, 2.75) is 26.8 Å². The summed E-state index contributed by atoms with van der Waals surface area (Å²) in [6.07, 6.45) is 2.59. The zero-order valence-corrected chi connectivity index (χ0v) is 9.47. The van der Waals surface area contributed by atoms with Crippen LogP contribution >= 0.6 is 12.2 Å². The average Bonchev–Trinajstić information content (AvgIpc) is 2.76. The number of nitrogens with one attached hydrogen (secondary N) is 1. The highest BCUT2D eigenvalue weighted by Crippen LogP contribution is 2.16. The smallest absolute Gasteiger partial charge is 0.195 e. The lowest BCUT2D eigenvalue weighted by atomic mass is 10.4. The van der Waals surface area contributed by atoms with E-state index in [1.807, 2.05) is 4.57 Å². The van der Waals surface area contributed by atoms with Crippen LogP contribution in [0.3, 0.4) is 0 Å². The van der Waals surface area contributed by atoms with Gasteiger partial charge in [-0.2, -0.15) is 5.10 Å². The number of aromatic nitrogens is 4. The maximum absolute atomic E-state index is 5.15. The molecule has 2 aromatic rings. The van der Waals surface area contributed by atoms with Crippen LogP contribution in [0.2, 0.25) is 0 Å². The molecule has 2 heterocycles. The van der Waals surface area contributed by atoms with Crippen LogP contribution in [-0.4, -0.2) is 19.7 Å². The predicted octanol–water partition coefficient (Wildman–Crippen LogP) is 2.31. The van der Waals surface area contributed by atoms with Crippen molar-refractivity contribution < 1.29 is 4.42 Å². The maximum atomic E-state index is 5.15. The van der Waals surface area contributed by atoms with E-state index >= 15 is 0 Å². The lowest BCUT2D eigenvalue weighted by Gasteiger charge is -2.00. The van der Waals surface area contributed by atoms with E-state index in [-0.39, 0.29) is 0 Å². The Morgan fingerprint density at radius 3 is 3.00 bits per heavy atom. The van der Waals surface area contributed by atoms with Crippen molar-refractivity contribution in [1.82, 2.24) is 19.7 Å². The van der Waals surface area contributed by atoms with Crippen LogP contribution in [0.15, 0.2) is 10.7 Å². The highest BCUT2D eigenvalue weighted by molar-refractivity contribution is 7.71. The number of H-pyrrole nitrogens is 1. The highest BCUT2D eigenvalue weighted by Gasteiger charge is 2.11. The Kier molecular flexibility index (Phi) is 2.68. The fraction of sp³-hybridized carbons (Fsp3) is 0.444. The second-order valence-electron chi connectivity index (χ2n) is 3.26. The molecule has 0 amide bonds. The van der Waals surface area contributed by atoms with Gasteiger partial charge in [0.25, 0.3) is 0 Å². The second kappa shape index (κ2) is 3.98. The minimum atomic E-state index is 0.618. The lowest BCUT2D eigenvalue weighted by molar-refractivity contribution is 0.521. The van der Waals surface area contributed by atoms with Gasteiger partial charge in [0.15, 0.2) is 16.5 Å². The van der Waals surface area contributed by atoms with E-state index in [1.165, 1.54) is 0 Å². The number of rotatable bonds is 3. The molecule has 2 rings (SSSR count). The number of aromatic amines is 1. The van der Waals surface area contributed by atoms with Crippen LogP contribution in [0.5, 0.6) is 0 Å². The van der Waals surface area contributed by atoms with Crippen LogP contribution in [0.25, 0.3) is 11.5 Å². The molecule has 6 heteroatoms. The first-order valence-electron chi connectivity index (χ1n) is 4.80. The van der Waals surface area contributed by atoms with E-state index in [9.17, 15) is 0 Å². The molecule has 0 bridgehead atoms. The van der Waals surface area contributed by atoms with Gasteiger partial charge in [0.2, 0.25) is 0 Å². The molecule has 0 unspecified atom stereocenters.